The van der Waals surface area contributed by atoms with E-state index in [9.17, 15) is 9.59 Å². The van der Waals surface area contributed by atoms with Crippen LogP contribution in [0.25, 0.3) is 11.0 Å². The van der Waals surface area contributed by atoms with E-state index in [2.05, 4.69) is 21.8 Å². The minimum absolute atomic E-state index is 0.0112. The Hall–Kier alpha value is -2.71. The molecule has 0 aliphatic carbocycles. The highest BCUT2D eigenvalue weighted by atomic mass is 16.5. The average Bonchev–Trinajstić information content (AvgIpc) is 2.80. The van der Waals surface area contributed by atoms with Crippen LogP contribution in [-0.2, 0) is 16.1 Å². The number of para-hydroxylation sites is 2. The summed E-state index contributed by atoms with van der Waals surface area (Å²) in [5.74, 6) is 0.430. The van der Waals surface area contributed by atoms with Crippen LogP contribution in [-0.4, -0.2) is 72.3 Å². The van der Waals surface area contributed by atoms with E-state index in [4.69, 9.17) is 4.74 Å². The smallest absolute Gasteiger partial charge is 0.294 e. The largest absolute Gasteiger partial charge is 0.378 e. The fourth-order valence-corrected chi connectivity index (χ4v) is 4.34. The summed E-state index contributed by atoms with van der Waals surface area (Å²) in [6.45, 7) is 9.41. The van der Waals surface area contributed by atoms with Gasteiger partial charge in [-0.3, -0.25) is 14.5 Å². The first-order valence-electron chi connectivity index (χ1n) is 11.1. The minimum Gasteiger partial charge on any atom is -0.378 e. The Balaban J connectivity index is 1.45. The summed E-state index contributed by atoms with van der Waals surface area (Å²) in [5, 5.41) is 3.15. The molecule has 2 aromatic rings. The van der Waals surface area contributed by atoms with Crippen LogP contribution in [0.15, 0.2) is 41.7 Å². The molecule has 2 saturated heterocycles. The van der Waals surface area contributed by atoms with Crippen molar-refractivity contribution in [2.24, 2.45) is 0 Å². The molecule has 0 atom stereocenters. The molecule has 166 valence electrons. The second kappa shape index (κ2) is 10.1. The summed E-state index contributed by atoms with van der Waals surface area (Å²) in [7, 11) is 0. The first kappa shape index (κ1) is 21.5. The van der Waals surface area contributed by atoms with Crippen LogP contribution in [0.1, 0.15) is 19.3 Å². The maximum Gasteiger partial charge on any atom is 0.294 e. The number of nitrogens with one attached hydrogen (secondary N) is 1. The van der Waals surface area contributed by atoms with Gasteiger partial charge in [0.1, 0.15) is 0 Å². The molecule has 3 heterocycles. The molecule has 1 N–H and O–H groups in total. The lowest BCUT2D eigenvalue weighted by Gasteiger charge is -2.31. The highest BCUT2D eigenvalue weighted by molar-refractivity contribution is 5.78. The molecule has 2 aliphatic heterocycles. The second-order valence-electron chi connectivity index (χ2n) is 8.16. The summed E-state index contributed by atoms with van der Waals surface area (Å²) < 4.78 is 7.10. The van der Waals surface area contributed by atoms with Crippen molar-refractivity contribution in [2.45, 2.75) is 31.8 Å². The van der Waals surface area contributed by atoms with Gasteiger partial charge < -0.3 is 19.5 Å². The molecule has 0 spiro atoms. The van der Waals surface area contributed by atoms with Crippen LogP contribution in [0.2, 0.25) is 0 Å². The number of nitrogens with zero attached hydrogens (tertiary/aromatic N) is 4. The number of hydrogen-bond acceptors (Lipinski definition) is 6. The van der Waals surface area contributed by atoms with E-state index < -0.39 is 0 Å². The molecular formula is C23H31N5O3. The van der Waals surface area contributed by atoms with Gasteiger partial charge in [-0.05, 0) is 25.0 Å². The number of aryl methyl sites for hydroxylation is 1. The summed E-state index contributed by atoms with van der Waals surface area (Å²) in [5.41, 5.74) is 1.37. The lowest BCUT2D eigenvalue weighted by Crippen LogP contribution is -2.45. The minimum atomic E-state index is -0.147. The number of carbonyl (C=O) groups excluding carboxylic acids is 1. The lowest BCUT2D eigenvalue weighted by molar-refractivity contribution is -0.122. The summed E-state index contributed by atoms with van der Waals surface area (Å²) in [6.07, 6.45) is 4.07. The quantitative estimate of drug-likeness (QED) is 0.676. The number of rotatable bonds is 7. The fraction of sp³-hybridized carbons (Fsp3) is 0.522. The standard InChI is InChI=1S/C23H31N5O3/c1-2-10-26-11-7-18(8-12-26)24-21(29)9-13-28-20-6-4-3-5-19(20)25-22(23(28)30)27-14-16-31-17-15-27/h2-6,18H,1,7-17H2,(H,24,29). The molecule has 0 radical (unpaired) electrons. The maximum atomic E-state index is 13.3. The molecule has 2 aliphatic rings. The van der Waals surface area contributed by atoms with Crippen LogP contribution < -0.4 is 15.8 Å². The van der Waals surface area contributed by atoms with Crippen molar-refractivity contribution in [1.82, 2.24) is 19.8 Å². The van der Waals surface area contributed by atoms with Crippen LogP contribution >= 0.6 is 0 Å². The molecule has 0 unspecified atom stereocenters. The van der Waals surface area contributed by atoms with Gasteiger partial charge in [-0.2, -0.15) is 0 Å². The molecule has 0 bridgehead atoms. The number of carbonyl (C=O) groups is 1. The Morgan fingerprint density at radius 1 is 1.19 bits per heavy atom. The maximum absolute atomic E-state index is 13.3. The number of piperidine rings is 1. The van der Waals surface area contributed by atoms with Gasteiger partial charge in [0, 0.05) is 51.7 Å². The van der Waals surface area contributed by atoms with Gasteiger partial charge in [0.05, 0.1) is 24.2 Å². The van der Waals surface area contributed by atoms with Gasteiger partial charge in [-0.15, -0.1) is 6.58 Å². The van der Waals surface area contributed by atoms with Crippen molar-refractivity contribution in [1.29, 1.82) is 0 Å². The number of anilines is 1. The second-order valence-corrected chi connectivity index (χ2v) is 8.16. The first-order chi connectivity index (χ1) is 15.2. The molecule has 0 saturated carbocycles. The van der Waals surface area contributed by atoms with Crippen LogP contribution in [0.5, 0.6) is 0 Å². The summed E-state index contributed by atoms with van der Waals surface area (Å²) in [6, 6.07) is 7.81. The van der Waals surface area contributed by atoms with E-state index in [1.807, 2.05) is 35.2 Å². The van der Waals surface area contributed by atoms with Crippen molar-refractivity contribution in [3.8, 4) is 0 Å². The lowest BCUT2D eigenvalue weighted by atomic mass is 10.0. The predicted molar refractivity (Wildman–Crippen MR) is 121 cm³/mol. The number of morpholine rings is 1. The van der Waals surface area contributed by atoms with Crippen LogP contribution in [0.4, 0.5) is 5.82 Å². The normalized spacial score (nSPS) is 18.3. The third kappa shape index (κ3) is 5.14. The Morgan fingerprint density at radius 3 is 2.68 bits per heavy atom. The van der Waals surface area contributed by atoms with Crippen molar-refractivity contribution in [3.63, 3.8) is 0 Å². The number of aromatic nitrogens is 2. The number of likely N-dealkylation sites (tertiary alicyclic amines) is 1. The van der Waals surface area contributed by atoms with Gasteiger partial charge in [-0.1, -0.05) is 18.2 Å². The number of fused-ring (bicyclic) bond motifs is 1. The SMILES string of the molecule is C=CCN1CCC(NC(=O)CCn2c(=O)c(N3CCOCC3)nc3ccccc32)CC1. The van der Waals surface area contributed by atoms with E-state index in [1.165, 1.54) is 0 Å². The van der Waals surface area contributed by atoms with Gasteiger partial charge in [0.25, 0.3) is 5.56 Å². The molecule has 8 heteroatoms. The summed E-state index contributed by atoms with van der Waals surface area (Å²) in [4.78, 5) is 34.8. The predicted octanol–water partition coefficient (Wildman–Crippen LogP) is 1.39. The number of hydrogen-bond donors (Lipinski definition) is 1. The highest BCUT2D eigenvalue weighted by Gasteiger charge is 2.22. The molecule has 1 amide bonds. The Morgan fingerprint density at radius 2 is 1.94 bits per heavy atom. The molecule has 31 heavy (non-hydrogen) atoms. The van der Waals surface area contributed by atoms with E-state index in [-0.39, 0.29) is 23.9 Å². The number of ether oxygens (including phenoxy) is 1. The van der Waals surface area contributed by atoms with Crippen molar-refractivity contribution < 1.29 is 9.53 Å². The Labute approximate surface area is 182 Å². The van der Waals surface area contributed by atoms with Crippen molar-refractivity contribution in [2.75, 3.05) is 50.8 Å². The zero-order chi connectivity index (χ0) is 21.6. The third-order valence-electron chi connectivity index (χ3n) is 6.05. The van der Waals surface area contributed by atoms with E-state index in [0.29, 0.717) is 38.7 Å². The van der Waals surface area contributed by atoms with E-state index in [1.54, 1.807) is 4.57 Å². The van der Waals surface area contributed by atoms with Crippen LogP contribution in [0, 0.1) is 0 Å². The Kier molecular flexibility index (Phi) is 6.99. The molecule has 8 nitrogen and oxygen atoms in total. The van der Waals surface area contributed by atoms with Gasteiger partial charge in [0.2, 0.25) is 5.91 Å². The van der Waals surface area contributed by atoms with Gasteiger partial charge in [-0.25, -0.2) is 4.98 Å². The van der Waals surface area contributed by atoms with Crippen molar-refractivity contribution in [3.05, 3.63) is 47.3 Å². The fourth-order valence-electron chi connectivity index (χ4n) is 4.34. The Bertz CT molecular complexity index is 975. The van der Waals surface area contributed by atoms with Crippen molar-refractivity contribution >= 4 is 22.8 Å². The number of benzene rings is 1. The zero-order valence-electron chi connectivity index (χ0n) is 18.0. The van der Waals surface area contributed by atoms with E-state index in [0.717, 1.165) is 43.5 Å². The molecule has 2 fully saturated rings. The van der Waals surface area contributed by atoms with Gasteiger partial charge >= 0.3 is 0 Å². The van der Waals surface area contributed by atoms with Crippen LogP contribution in [0.3, 0.4) is 0 Å². The topological polar surface area (TPSA) is 79.7 Å². The zero-order valence-corrected chi connectivity index (χ0v) is 18.0. The summed E-state index contributed by atoms with van der Waals surface area (Å²) >= 11 is 0. The van der Waals surface area contributed by atoms with E-state index >= 15 is 0 Å². The third-order valence-corrected chi connectivity index (χ3v) is 6.05. The highest BCUT2D eigenvalue weighted by Crippen LogP contribution is 2.16. The molecule has 4 rings (SSSR count). The molecule has 1 aromatic heterocycles. The average molecular weight is 426 g/mol. The number of amides is 1. The first-order valence-corrected chi connectivity index (χ1v) is 11.1. The monoisotopic (exact) mass is 425 g/mol. The molecular weight excluding hydrogens is 394 g/mol. The molecule has 1 aromatic carbocycles. The van der Waals surface area contributed by atoms with Gasteiger partial charge in [0.15, 0.2) is 5.82 Å².